The summed E-state index contributed by atoms with van der Waals surface area (Å²) in [6, 6.07) is 4.98. The number of morpholine rings is 1. The Labute approximate surface area is 119 Å². The van der Waals surface area contributed by atoms with Crippen LogP contribution in [0.25, 0.3) is 0 Å². The number of hydrogen-bond acceptors (Lipinski definition) is 4. The van der Waals surface area contributed by atoms with Crippen LogP contribution in [0.15, 0.2) is 18.2 Å². The highest BCUT2D eigenvalue weighted by molar-refractivity contribution is 5.35. The second-order valence-electron chi connectivity index (χ2n) is 5.21. The summed E-state index contributed by atoms with van der Waals surface area (Å²) in [4.78, 5) is 2.26. The van der Waals surface area contributed by atoms with E-state index >= 15 is 0 Å². The van der Waals surface area contributed by atoms with E-state index in [-0.39, 0.29) is 11.9 Å². The SMILES string of the molecule is CC(N)Cc1cccc(F)c1OCCN1CCOCC1. The summed E-state index contributed by atoms with van der Waals surface area (Å²) in [5, 5.41) is 0. The molecule has 1 aliphatic heterocycles. The zero-order chi connectivity index (χ0) is 14.4. The molecular weight excluding hydrogens is 259 g/mol. The fraction of sp³-hybridized carbons (Fsp3) is 0.600. The summed E-state index contributed by atoms with van der Waals surface area (Å²) in [5.41, 5.74) is 6.62. The first-order valence-electron chi connectivity index (χ1n) is 7.12. The first-order chi connectivity index (χ1) is 9.66. The van der Waals surface area contributed by atoms with E-state index in [0.717, 1.165) is 38.4 Å². The van der Waals surface area contributed by atoms with Crippen LogP contribution in [-0.4, -0.2) is 50.4 Å². The third-order valence-electron chi connectivity index (χ3n) is 3.35. The van der Waals surface area contributed by atoms with Crippen molar-refractivity contribution >= 4 is 0 Å². The van der Waals surface area contributed by atoms with E-state index in [1.165, 1.54) is 6.07 Å². The summed E-state index contributed by atoms with van der Waals surface area (Å²) in [7, 11) is 0. The van der Waals surface area contributed by atoms with Crippen molar-refractivity contribution in [3.05, 3.63) is 29.6 Å². The average Bonchev–Trinajstić information content (AvgIpc) is 2.42. The third-order valence-corrected chi connectivity index (χ3v) is 3.35. The summed E-state index contributed by atoms with van der Waals surface area (Å²) in [5.74, 6) is 0.0307. The highest BCUT2D eigenvalue weighted by Gasteiger charge is 2.13. The molecule has 0 amide bonds. The molecule has 0 spiro atoms. The number of benzene rings is 1. The molecule has 1 aliphatic rings. The van der Waals surface area contributed by atoms with Crippen LogP contribution in [0.2, 0.25) is 0 Å². The molecule has 0 aliphatic carbocycles. The lowest BCUT2D eigenvalue weighted by Gasteiger charge is -2.26. The summed E-state index contributed by atoms with van der Waals surface area (Å²) in [6.45, 7) is 6.51. The molecule has 5 heteroatoms. The van der Waals surface area contributed by atoms with Gasteiger partial charge in [-0.2, -0.15) is 0 Å². The summed E-state index contributed by atoms with van der Waals surface area (Å²) in [6.07, 6.45) is 0.616. The van der Waals surface area contributed by atoms with Gasteiger partial charge in [-0.15, -0.1) is 0 Å². The lowest BCUT2D eigenvalue weighted by molar-refractivity contribution is 0.0320. The topological polar surface area (TPSA) is 47.7 Å². The second-order valence-corrected chi connectivity index (χ2v) is 5.21. The normalized spacial score (nSPS) is 17.9. The fourth-order valence-corrected chi connectivity index (χ4v) is 2.32. The Hall–Kier alpha value is -1.17. The van der Waals surface area contributed by atoms with Crippen molar-refractivity contribution in [2.24, 2.45) is 5.73 Å². The van der Waals surface area contributed by atoms with Gasteiger partial charge in [0.1, 0.15) is 6.61 Å². The summed E-state index contributed by atoms with van der Waals surface area (Å²) >= 11 is 0. The highest BCUT2D eigenvalue weighted by atomic mass is 19.1. The van der Waals surface area contributed by atoms with Crippen LogP contribution < -0.4 is 10.5 Å². The van der Waals surface area contributed by atoms with Crippen LogP contribution in [0, 0.1) is 5.82 Å². The Kier molecular flexibility index (Phi) is 5.76. The highest BCUT2D eigenvalue weighted by Crippen LogP contribution is 2.23. The smallest absolute Gasteiger partial charge is 0.165 e. The number of halogens is 1. The van der Waals surface area contributed by atoms with Crippen molar-refractivity contribution in [2.75, 3.05) is 39.5 Å². The van der Waals surface area contributed by atoms with Crippen LogP contribution >= 0.6 is 0 Å². The Morgan fingerprint density at radius 3 is 2.85 bits per heavy atom. The molecule has 4 nitrogen and oxygen atoms in total. The van der Waals surface area contributed by atoms with E-state index < -0.39 is 0 Å². The lowest BCUT2D eigenvalue weighted by atomic mass is 10.1. The molecular formula is C15H23FN2O2. The lowest BCUT2D eigenvalue weighted by Crippen LogP contribution is -2.38. The van der Waals surface area contributed by atoms with E-state index in [4.69, 9.17) is 15.2 Å². The number of rotatable bonds is 6. The van der Waals surface area contributed by atoms with Gasteiger partial charge in [0.2, 0.25) is 0 Å². The van der Waals surface area contributed by atoms with E-state index in [9.17, 15) is 4.39 Å². The first kappa shape index (κ1) is 15.2. The van der Waals surface area contributed by atoms with Gasteiger partial charge in [0.05, 0.1) is 13.2 Å². The zero-order valence-electron chi connectivity index (χ0n) is 12.0. The molecule has 0 aromatic heterocycles. The number of ether oxygens (including phenoxy) is 2. The molecule has 1 aromatic rings. The van der Waals surface area contributed by atoms with Crippen LogP contribution in [0.5, 0.6) is 5.75 Å². The van der Waals surface area contributed by atoms with Crippen molar-refractivity contribution in [2.45, 2.75) is 19.4 Å². The third kappa shape index (κ3) is 4.44. The molecule has 2 rings (SSSR count). The Morgan fingerprint density at radius 1 is 1.40 bits per heavy atom. The van der Waals surface area contributed by atoms with Crippen molar-refractivity contribution in [3.8, 4) is 5.75 Å². The molecule has 0 bridgehead atoms. The molecule has 1 saturated heterocycles. The molecule has 1 atom stereocenters. The fourth-order valence-electron chi connectivity index (χ4n) is 2.32. The van der Waals surface area contributed by atoms with Gasteiger partial charge in [-0.1, -0.05) is 12.1 Å². The number of nitrogens with zero attached hydrogens (tertiary/aromatic N) is 1. The van der Waals surface area contributed by atoms with Crippen LogP contribution in [0.1, 0.15) is 12.5 Å². The molecule has 0 radical (unpaired) electrons. The van der Waals surface area contributed by atoms with Gasteiger partial charge in [0, 0.05) is 25.7 Å². The molecule has 1 fully saturated rings. The molecule has 1 heterocycles. The number of para-hydroxylation sites is 1. The van der Waals surface area contributed by atoms with Gasteiger partial charge in [-0.25, -0.2) is 4.39 Å². The quantitative estimate of drug-likeness (QED) is 0.857. The van der Waals surface area contributed by atoms with E-state index in [1.807, 2.05) is 13.0 Å². The van der Waals surface area contributed by atoms with E-state index in [2.05, 4.69) is 4.90 Å². The van der Waals surface area contributed by atoms with E-state index in [1.54, 1.807) is 6.07 Å². The zero-order valence-corrected chi connectivity index (χ0v) is 12.0. The van der Waals surface area contributed by atoms with Crippen molar-refractivity contribution in [3.63, 3.8) is 0 Å². The molecule has 1 aromatic carbocycles. The van der Waals surface area contributed by atoms with Gasteiger partial charge >= 0.3 is 0 Å². The van der Waals surface area contributed by atoms with Crippen molar-refractivity contribution < 1.29 is 13.9 Å². The predicted octanol–water partition coefficient (Wildman–Crippen LogP) is 1.43. The van der Waals surface area contributed by atoms with Crippen LogP contribution in [0.4, 0.5) is 4.39 Å². The maximum absolute atomic E-state index is 13.9. The minimum absolute atomic E-state index is 0.0154. The van der Waals surface area contributed by atoms with Gasteiger partial charge in [0.15, 0.2) is 11.6 Å². The average molecular weight is 282 g/mol. The molecule has 112 valence electrons. The Morgan fingerprint density at radius 2 is 2.15 bits per heavy atom. The summed E-state index contributed by atoms with van der Waals surface area (Å²) < 4.78 is 24.8. The molecule has 2 N–H and O–H groups in total. The molecule has 20 heavy (non-hydrogen) atoms. The first-order valence-corrected chi connectivity index (χ1v) is 7.12. The van der Waals surface area contributed by atoms with E-state index in [0.29, 0.717) is 18.8 Å². The Bertz CT molecular complexity index is 420. The Balaban J connectivity index is 1.90. The maximum Gasteiger partial charge on any atom is 0.165 e. The molecule has 0 saturated carbocycles. The van der Waals surface area contributed by atoms with Gasteiger partial charge in [-0.05, 0) is 25.0 Å². The van der Waals surface area contributed by atoms with Crippen LogP contribution in [-0.2, 0) is 11.2 Å². The predicted molar refractivity (Wildman–Crippen MR) is 76.5 cm³/mol. The van der Waals surface area contributed by atoms with Gasteiger partial charge in [0.25, 0.3) is 0 Å². The minimum Gasteiger partial charge on any atom is -0.489 e. The number of hydrogen-bond donors (Lipinski definition) is 1. The molecule has 1 unspecified atom stereocenters. The van der Waals surface area contributed by atoms with Gasteiger partial charge < -0.3 is 15.2 Å². The minimum atomic E-state index is -0.315. The monoisotopic (exact) mass is 282 g/mol. The largest absolute Gasteiger partial charge is 0.489 e. The maximum atomic E-state index is 13.9. The second kappa shape index (κ2) is 7.57. The van der Waals surface area contributed by atoms with Crippen molar-refractivity contribution in [1.29, 1.82) is 0 Å². The van der Waals surface area contributed by atoms with Crippen LogP contribution in [0.3, 0.4) is 0 Å². The number of nitrogens with two attached hydrogens (primary N) is 1. The van der Waals surface area contributed by atoms with Gasteiger partial charge in [-0.3, -0.25) is 4.90 Å². The van der Waals surface area contributed by atoms with Crippen molar-refractivity contribution in [1.82, 2.24) is 4.90 Å². The standard InChI is InChI=1S/C15H23FN2O2/c1-12(17)11-13-3-2-4-14(16)15(13)20-10-7-18-5-8-19-9-6-18/h2-4,12H,5-11,17H2,1H3.